The number of hydrogen-bond acceptors (Lipinski definition) is 3. The minimum Gasteiger partial charge on any atom is -0.376 e. The first-order valence-corrected chi connectivity index (χ1v) is 7.37. The third-order valence-corrected chi connectivity index (χ3v) is 3.71. The molecule has 1 amide bonds. The molecule has 0 spiro atoms. The number of nitrogens with one attached hydrogen (secondary N) is 1. The van der Waals surface area contributed by atoms with Crippen LogP contribution >= 0.6 is 12.4 Å². The summed E-state index contributed by atoms with van der Waals surface area (Å²) in [5.74, 6) is 0.218. The van der Waals surface area contributed by atoms with Gasteiger partial charge in [0.2, 0.25) is 5.91 Å². The zero-order valence-electron chi connectivity index (χ0n) is 12.6. The summed E-state index contributed by atoms with van der Waals surface area (Å²) in [7, 11) is 1.93. The van der Waals surface area contributed by atoms with E-state index in [0.717, 1.165) is 31.5 Å². The molecule has 1 fully saturated rings. The second-order valence-corrected chi connectivity index (χ2v) is 5.23. The largest absolute Gasteiger partial charge is 0.376 e. The Morgan fingerprint density at radius 3 is 2.86 bits per heavy atom. The molecule has 1 N–H and O–H groups in total. The number of benzene rings is 1. The summed E-state index contributed by atoms with van der Waals surface area (Å²) in [4.78, 5) is 14.2. The van der Waals surface area contributed by atoms with Crippen molar-refractivity contribution in [2.24, 2.45) is 0 Å². The van der Waals surface area contributed by atoms with E-state index in [1.54, 1.807) is 0 Å². The van der Waals surface area contributed by atoms with E-state index in [9.17, 15) is 4.79 Å². The van der Waals surface area contributed by atoms with Crippen molar-refractivity contribution in [3.05, 3.63) is 35.9 Å². The molecule has 1 heterocycles. The highest BCUT2D eigenvalue weighted by molar-refractivity contribution is 5.85. The van der Waals surface area contributed by atoms with E-state index < -0.39 is 0 Å². The van der Waals surface area contributed by atoms with Gasteiger partial charge in [-0.1, -0.05) is 30.3 Å². The molecule has 1 aromatic carbocycles. The lowest BCUT2D eigenvalue weighted by atomic mass is 10.2. The number of halogens is 1. The highest BCUT2D eigenvalue weighted by atomic mass is 35.5. The van der Waals surface area contributed by atoms with Gasteiger partial charge in [-0.3, -0.25) is 4.79 Å². The molecule has 1 unspecified atom stereocenters. The third kappa shape index (κ3) is 5.65. The number of carbonyl (C=O) groups is 1. The maximum atomic E-state index is 12.2. The van der Waals surface area contributed by atoms with E-state index in [0.29, 0.717) is 25.7 Å². The lowest BCUT2D eigenvalue weighted by Gasteiger charge is -2.24. The van der Waals surface area contributed by atoms with Crippen molar-refractivity contribution in [2.45, 2.75) is 31.9 Å². The Morgan fingerprint density at radius 2 is 2.14 bits per heavy atom. The van der Waals surface area contributed by atoms with Crippen LogP contribution in [0.3, 0.4) is 0 Å². The quantitative estimate of drug-likeness (QED) is 0.785. The summed E-state index contributed by atoms with van der Waals surface area (Å²) in [5.41, 5.74) is 1.15. The van der Waals surface area contributed by atoms with Crippen LogP contribution in [0.5, 0.6) is 0 Å². The Hall–Kier alpha value is -1.10. The summed E-state index contributed by atoms with van der Waals surface area (Å²) >= 11 is 0. The van der Waals surface area contributed by atoms with Crippen LogP contribution in [-0.2, 0) is 16.1 Å². The fourth-order valence-corrected chi connectivity index (χ4v) is 2.68. The van der Waals surface area contributed by atoms with Crippen molar-refractivity contribution in [1.82, 2.24) is 10.2 Å². The summed E-state index contributed by atoms with van der Waals surface area (Å²) in [6.07, 6.45) is 2.70. The van der Waals surface area contributed by atoms with Gasteiger partial charge in [0, 0.05) is 19.1 Å². The fourth-order valence-electron chi connectivity index (χ4n) is 2.68. The van der Waals surface area contributed by atoms with Gasteiger partial charge in [-0.05, 0) is 25.5 Å². The van der Waals surface area contributed by atoms with Gasteiger partial charge >= 0.3 is 0 Å². The molecule has 0 bridgehead atoms. The smallest absolute Gasteiger partial charge is 0.225 e. The van der Waals surface area contributed by atoms with Crippen molar-refractivity contribution in [2.75, 3.05) is 26.7 Å². The lowest BCUT2D eigenvalue weighted by Crippen LogP contribution is -2.41. The van der Waals surface area contributed by atoms with Crippen molar-refractivity contribution in [3.8, 4) is 0 Å². The molecular weight excluding hydrogens is 288 g/mol. The van der Waals surface area contributed by atoms with Gasteiger partial charge in [0.1, 0.15) is 0 Å². The molecule has 1 atom stereocenters. The number of rotatable bonds is 7. The second kappa shape index (κ2) is 9.77. The van der Waals surface area contributed by atoms with Crippen molar-refractivity contribution >= 4 is 18.3 Å². The third-order valence-electron chi connectivity index (χ3n) is 3.71. The number of hydrogen-bond donors (Lipinski definition) is 1. The van der Waals surface area contributed by atoms with E-state index >= 15 is 0 Å². The first kappa shape index (κ1) is 18.0. The molecule has 0 aromatic heterocycles. The maximum absolute atomic E-state index is 12.2. The van der Waals surface area contributed by atoms with E-state index in [4.69, 9.17) is 4.74 Å². The predicted molar refractivity (Wildman–Crippen MR) is 86.6 cm³/mol. The molecule has 1 aliphatic heterocycles. The van der Waals surface area contributed by atoms with Crippen LogP contribution in [0.15, 0.2) is 30.3 Å². The first-order chi connectivity index (χ1) is 9.81. The number of nitrogens with zero attached hydrogens (tertiary/aromatic N) is 1. The van der Waals surface area contributed by atoms with Crippen LogP contribution in [0.25, 0.3) is 0 Å². The van der Waals surface area contributed by atoms with Crippen molar-refractivity contribution in [3.63, 3.8) is 0 Å². The van der Waals surface area contributed by atoms with E-state index in [1.807, 2.05) is 42.3 Å². The van der Waals surface area contributed by atoms with E-state index in [-0.39, 0.29) is 18.3 Å². The van der Waals surface area contributed by atoms with Gasteiger partial charge in [-0.15, -0.1) is 12.4 Å². The zero-order chi connectivity index (χ0) is 14.2. The van der Waals surface area contributed by atoms with Gasteiger partial charge < -0.3 is 15.0 Å². The molecule has 0 aliphatic carbocycles. The topological polar surface area (TPSA) is 41.6 Å². The minimum absolute atomic E-state index is 0. The Bertz CT molecular complexity index is 414. The maximum Gasteiger partial charge on any atom is 0.225 e. The monoisotopic (exact) mass is 312 g/mol. The summed E-state index contributed by atoms with van der Waals surface area (Å²) in [6, 6.07) is 10.4. The lowest BCUT2D eigenvalue weighted by molar-refractivity contribution is -0.133. The molecule has 1 saturated heterocycles. The summed E-state index contributed by atoms with van der Waals surface area (Å²) in [5, 5.41) is 3.16. The van der Waals surface area contributed by atoms with Gasteiger partial charge in [0.25, 0.3) is 0 Å². The molecule has 1 aromatic rings. The van der Waals surface area contributed by atoms with Crippen molar-refractivity contribution < 1.29 is 9.53 Å². The number of carbonyl (C=O) groups excluding carboxylic acids is 1. The minimum atomic E-state index is 0. The molecule has 0 radical (unpaired) electrons. The molecular formula is C16H25ClN2O2. The number of likely N-dealkylation sites (tertiary alicyclic amines) is 1. The van der Waals surface area contributed by atoms with Crippen molar-refractivity contribution in [1.29, 1.82) is 0 Å². The summed E-state index contributed by atoms with van der Waals surface area (Å²) < 4.78 is 5.58. The Kier molecular flexibility index (Phi) is 8.35. The van der Waals surface area contributed by atoms with Crippen LogP contribution in [0.2, 0.25) is 0 Å². The Morgan fingerprint density at radius 1 is 1.38 bits per heavy atom. The number of amides is 1. The van der Waals surface area contributed by atoms with Gasteiger partial charge in [0.05, 0.1) is 19.6 Å². The molecule has 4 nitrogen and oxygen atoms in total. The van der Waals surface area contributed by atoms with Gasteiger partial charge in [-0.25, -0.2) is 0 Å². The van der Waals surface area contributed by atoms with Crippen LogP contribution in [0.4, 0.5) is 0 Å². The molecule has 5 heteroatoms. The molecule has 1 aliphatic rings. The van der Waals surface area contributed by atoms with E-state index in [2.05, 4.69) is 5.32 Å². The SMILES string of the molecule is CNCC1CCCN1C(=O)CCOCc1ccccc1.Cl. The van der Waals surface area contributed by atoms with Crippen LogP contribution in [-0.4, -0.2) is 43.6 Å². The molecule has 2 rings (SSSR count). The fraction of sp³-hybridized carbons (Fsp3) is 0.562. The Labute approximate surface area is 133 Å². The van der Waals surface area contributed by atoms with Crippen LogP contribution in [0, 0.1) is 0 Å². The van der Waals surface area contributed by atoms with E-state index in [1.165, 1.54) is 0 Å². The number of likely N-dealkylation sites (N-methyl/N-ethyl adjacent to an activating group) is 1. The first-order valence-electron chi connectivity index (χ1n) is 7.37. The molecule has 21 heavy (non-hydrogen) atoms. The molecule has 0 saturated carbocycles. The highest BCUT2D eigenvalue weighted by Crippen LogP contribution is 2.17. The van der Waals surface area contributed by atoms with Crippen LogP contribution < -0.4 is 5.32 Å². The zero-order valence-corrected chi connectivity index (χ0v) is 13.4. The second-order valence-electron chi connectivity index (χ2n) is 5.23. The standard InChI is InChI=1S/C16H24N2O2.ClH/c1-17-12-15-8-5-10-18(15)16(19)9-11-20-13-14-6-3-2-4-7-14;/h2-4,6-7,15,17H,5,8-13H2,1H3;1H. The van der Waals surface area contributed by atoms with Gasteiger partial charge in [-0.2, -0.15) is 0 Å². The predicted octanol–water partition coefficient (Wildman–Crippen LogP) is 2.23. The Balaban J connectivity index is 0.00000220. The normalized spacial score (nSPS) is 17.6. The average Bonchev–Trinajstić information content (AvgIpc) is 2.93. The van der Waals surface area contributed by atoms with Gasteiger partial charge in [0.15, 0.2) is 0 Å². The highest BCUT2D eigenvalue weighted by Gasteiger charge is 2.27. The average molecular weight is 313 g/mol. The number of ether oxygens (including phenoxy) is 1. The molecule has 118 valence electrons. The van der Waals surface area contributed by atoms with Crippen LogP contribution in [0.1, 0.15) is 24.8 Å². The summed E-state index contributed by atoms with van der Waals surface area (Å²) in [6.45, 7) is 2.85.